The maximum absolute atomic E-state index is 12.3. The van der Waals surface area contributed by atoms with E-state index < -0.39 is 5.91 Å². The standard InChI is InChI=1S/C18H23N5O3S/c1-26-14-7-5-13(6-8-14)20-16(25)18-22-21-17(27-18)15(24)19-9-12-23-10-3-2-4-11-23/h5-8H,2-4,9-12H2,1H3,(H,19,24)(H,20,25). The minimum atomic E-state index is -0.398. The van der Waals surface area contributed by atoms with Gasteiger partial charge in [-0.25, -0.2) is 0 Å². The maximum Gasteiger partial charge on any atom is 0.286 e. The molecule has 8 nitrogen and oxygen atoms in total. The average molecular weight is 389 g/mol. The van der Waals surface area contributed by atoms with E-state index in [0.29, 0.717) is 18.0 Å². The first-order valence-corrected chi connectivity index (χ1v) is 9.77. The van der Waals surface area contributed by atoms with Gasteiger partial charge in [0.2, 0.25) is 10.0 Å². The molecule has 2 aromatic rings. The van der Waals surface area contributed by atoms with E-state index in [4.69, 9.17) is 4.74 Å². The van der Waals surface area contributed by atoms with Gasteiger partial charge in [0, 0.05) is 18.8 Å². The molecule has 1 saturated heterocycles. The van der Waals surface area contributed by atoms with Crippen molar-refractivity contribution in [1.29, 1.82) is 0 Å². The molecule has 0 spiro atoms. The summed E-state index contributed by atoms with van der Waals surface area (Å²) in [4.78, 5) is 26.8. The predicted molar refractivity (Wildman–Crippen MR) is 103 cm³/mol. The largest absolute Gasteiger partial charge is 0.497 e. The van der Waals surface area contributed by atoms with Gasteiger partial charge >= 0.3 is 0 Å². The zero-order valence-corrected chi connectivity index (χ0v) is 16.1. The van der Waals surface area contributed by atoms with E-state index in [9.17, 15) is 9.59 Å². The summed E-state index contributed by atoms with van der Waals surface area (Å²) in [6.07, 6.45) is 3.73. The first-order valence-electron chi connectivity index (χ1n) is 8.95. The van der Waals surface area contributed by atoms with Gasteiger partial charge in [-0.3, -0.25) is 9.59 Å². The van der Waals surface area contributed by atoms with E-state index in [1.165, 1.54) is 19.3 Å². The van der Waals surface area contributed by atoms with E-state index >= 15 is 0 Å². The van der Waals surface area contributed by atoms with Gasteiger partial charge in [-0.05, 0) is 50.2 Å². The average Bonchev–Trinajstić information content (AvgIpc) is 3.20. The lowest BCUT2D eigenvalue weighted by molar-refractivity contribution is 0.0944. The molecule has 0 aliphatic carbocycles. The molecule has 0 unspecified atom stereocenters. The molecule has 0 atom stereocenters. The molecule has 9 heteroatoms. The van der Waals surface area contributed by atoms with Crippen LogP contribution >= 0.6 is 11.3 Å². The van der Waals surface area contributed by atoms with Crippen LogP contribution in [0.5, 0.6) is 5.75 Å². The molecule has 1 aromatic heterocycles. The van der Waals surface area contributed by atoms with E-state index in [-0.39, 0.29) is 15.9 Å². The van der Waals surface area contributed by atoms with Crippen molar-refractivity contribution in [2.45, 2.75) is 19.3 Å². The number of nitrogens with zero attached hydrogens (tertiary/aromatic N) is 3. The number of amides is 2. The maximum atomic E-state index is 12.3. The summed E-state index contributed by atoms with van der Waals surface area (Å²) < 4.78 is 5.08. The number of carbonyl (C=O) groups excluding carboxylic acids is 2. The molecular weight excluding hydrogens is 366 g/mol. The highest BCUT2D eigenvalue weighted by atomic mass is 32.1. The highest BCUT2D eigenvalue weighted by molar-refractivity contribution is 7.15. The van der Waals surface area contributed by atoms with E-state index in [1.807, 2.05) is 0 Å². The van der Waals surface area contributed by atoms with Crippen molar-refractivity contribution in [3.05, 3.63) is 34.3 Å². The Morgan fingerprint density at radius 3 is 2.41 bits per heavy atom. The molecule has 2 N–H and O–H groups in total. The van der Waals surface area contributed by atoms with Crippen LogP contribution in [0.15, 0.2) is 24.3 Å². The number of aromatic nitrogens is 2. The molecule has 1 aromatic carbocycles. The number of likely N-dealkylation sites (tertiary alicyclic amines) is 1. The minimum absolute atomic E-state index is 0.145. The summed E-state index contributed by atoms with van der Waals surface area (Å²) in [5, 5.41) is 13.6. The third-order valence-corrected chi connectivity index (χ3v) is 5.24. The molecule has 0 radical (unpaired) electrons. The second-order valence-electron chi connectivity index (χ2n) is 6.25. The summed E-state index contributed by atoms with van der Waals surface area (Å²) >= 11 is 0.977. The Morgan fingerprint density at radius 1 is 1.07 bits per heavy atom. The molecule has 144 valence electrons. The smallest absolute Gasteiger partial charge is 0.286 e. The topological polar surface area (TPSA) is 96.5 Å². The Balaban J connectivity index is 1.48. The highest BCUT2D eigenvalue weighted by Gasteiger charge is 2.18. The Hall–Kier alpha value is -2.52. The lowest BCUT2D eigenvalue weighted by atomic mass is 10.1. The van der Waals surface area contributed by atoms with Gasteiger partial charge in [-0.2, -0.15) is 0 Å². The van der Waals surface area contributed by atoms with Crippen molar-refractivity contribution in [1.82, 2.24) is 20.4 Å². The molecule has 1 fully saturated rings. The summed E-state index contributed by atoms with van der Waals surface area (Å²) in [6.45, 7) is 3.57. The van der Waals surface area contributed by atoms with Gasteiger partial charge in [0.1, 0.15) is 5.75 Å². The van der Waals surface area contributed by atoms with Crippen LogP contribution in [0, 0.1) is 0 Å². The normalized spacial score (nSPS) is 14.6. The number of hydrogen-bond acceptors (Lipinski definition) is 7. The Morgan fingerprint density at radius 2 is 1.74 bits per heavy atom. The minimum Gasteiger partial charge on any atom is -0.497 e. The van der Waals surface area contributed by atoms with Crippen molar-refractivity contribution >= 4 is 28.8 Å². The number of nitrogens with one attached hydrogen (secondary N) is 2. The van der Waals surface area contributed by atoms with Crippen LogP contribution in [0.2, 0.25) is 0 Å². The van der Waals surface area contributed by atoms with Gasteiger partial charge in [0.25, 0.3) is 11.8 Å². The molecule has 2 amide bonds. The van der Waals surface area contributed by atoms with Crippen LogP contribution in [-0.4, -0.2) is 60.2 Å². The Bertz CT molecular complexity index is 772. The van der Waals surface area contributed by atoms with Gasteiger partial charge in [-0.1, -0.05) is 17.8 Å². The number of methoxy groups -OCH3 is 1. The van der Waals surface area contributed by atoms with Crippen molar-refractivity contribution in [3.63, 3.8) is 0 Å². The quantitative estimate of drug-likeness (QED) is 0.752. The number of carbonyl (C=O) groups is 2. The van der Waals surface area contributed by atoms with Gasteiger partial charge in [-0.15, -0.1) is 10.2 Å². The van der Waals surface area contributed by atoms with Crippen molar-refractivity contribution < 1.29 is 14.3 Å². The number of rotatable bonds is 7. The number of hydrogen-bond donors (Lipinski definition) is 2. The first-order chi connectivity index (χ1) is 13.2. The SMILES string of the molecule is COc1ccc(NC(=O)c2nnc(C(=O)NCCN3CCCCC3)s2)cc1. The fraction of sp³-hybridized carbons (Fsp3) is 0.444. The summed E-state index contributed by atoms with van der Waals surface area (Å²) in [7, 11) is 1.58. The molecule has 1 aliphatic rings. The molecule has 1 aliphatic heterocycles. The highest BCUT2D eigenvalue weighted by Crippen LogP contribution is 2.17. The summed E-state index contributed by atoms with van der Waals surface area (Å²) in [6, 6.07) is 6.95. The van der Waals surface area contributed by atoms with Gasteiger partial charge in [0.15, 0.2) is 0 Å². The molecule has 3 rings (SSSR count). The second-order valence-corrected chi connectivity index (χ2v) is 7.23. The van der Waals surface area contributed by atoms with Crippen LogP contribution in [-0.2, 0) is 0 Å². The third kappa shape index (κ3) is 5.48. The number of ether oxygens (including phenoxy) is 1. The van der Waals surface area contributed by atoms with Crippen LogP contribution < -0.4 is 15.4 Å². The predicted octanol–water partition coefficient (Wildman–Crippen LogP) is 2.01. The molecule has 2 heterocycles. The van der Waals surface area contributed by atoms with Crippen LogP contribution in [0.1, 0.15) is 38.9 Å². The van der Waals surface area contributed by atoms with Crippen LogP contribution in [0.3, 0.4) is 0 Å². The number of benzene rings is 1. The monoisotopic (exact) mass is 389 g/mol. The fourth-order valence-electron chi connectivity index (χ4n) is 2.85. The van der Waals surface area contributed by atoms with Gasteiger partial charge in [0.05, 0.1) is 7.11 Å². The molecule has 0 bridgehead atoms. The third-order valence-electron chi connectivity index (χ3n) is 4.32. The molecule has 0 saturated carbocycles. The molecular formula is C18H23N5O3S. The molecule has 27 heavy (non-hydrogen) atoms. The number of anilines is 1. The van der Waals surface area contributed by atoms with E-state index in [1.54, 1.807) is 31.4 Å². The lowest BCUT2D eigenvalue weighted by Crippen LogP contribution is -2.37. The van der Waals surface area contributed by atoms with Crippen molar-refractivity contribution in [2.24, 2.45) is 0 Å². The lowest BCUT2D eigenvalue weighted by Gasteiger charge is -2.26. The summed E-state index contributed by atoms with van der Waals surface area (Å²) in [5.41, 5.74) is 0.614. The van der Waals surface area contributed by atoms with Crippen molar-refractivity contribution in [2.75, 3.05) is 38.6 Å². The second kappa shape index (κ2) is 9.43. The van der Waals surface area contributed by atoms with Crippen molar-refractivity contribution in [3.8, 4) is 5.75 Å². The summed E-state index contributed by atoms with van der Waals surface area (Å²) in [5.74, 6) is 0.00506. The van der Waals surface area contributed by atoms with Gasteiger partial charge < -0.3 is 20.3 Å². The zero-order valence-electron chi connectivity index (χ0n) is 15.2. The fourth-order valence-corrected chi connectivity index (χ4v) is 3.51. The Labute approximate surface area is 161 Å². The number of piperidine rings is 1. The zero-order chi connectivity index (χ0) is 19.1. The van der Waals surface area contributed by atoms with E-state index in [0.717, 1.165) is 31.0 Å². The van der Waals surface area contributed by atoms with Crippen LogP contribution in [0.25, 0.3) is 0 Å². The van der Waals surface area contributed by atoms with Crippen LogP contribution in [0.4, 0.5) is 5.69 Å². The van der Waals surface area contributed by atoms with E-state index in [2.05, 4.69) is 25.7 Å². The Kier molecular flexibility index (Phi) is 6.72. The first kappa shape index (κ1) is 19.2.